The molecule has 0 fully saturated rings. The van der Waals surface area contributed by atoms with Crippen molar-refractivity contribution in [2.75, 3.05) is 10.6 Å². The molecule has 0 heterocycles. The van der Waals surface area contributed by atoms with Crippen LogP contribution in [0.15, 0.2) is 42.5 Å². The maximum Gasteiger partial charge on any atom is 0.323 e. The summed E-state index contributed by atoms with van der Waals surface area (Å²) in [6.45, 7) is -0.539. The molecule has 0 aliphatic carbocycles. The van der Waals surface area contributed by atoms with Gasteiger partial charge in [-0.15, -0.1) is 0 Å². The predicted molar refractivity (Wildman–Crippen MR) is 71.4 cm³/mol. The van der Waals surface area contributed by atoms with Crippen molar-refractivity contribution >= 4 is 17.4 Å². The van der Waals surface area contributed by atoms with Crippen LogP contribution < -0.4 is 10.6 Å². The van der Waals surface area contributed by atoms with Gasteiger partial charge in [-0.1, -0.05) is 12.1 Å². The number of aliphatic hydroxyl groups is 1. The van der Waals surface area contributed by atoms with Crippen molar-refractivity contribution in [3.05, 3.63) is 59.7 Å². The molecule has 0 radical (unpaired) electrons. The molecule has 2 amide bonds. The standard InChI is InChI=1S/C14H12F2N2O2/c15-9-3-1-4-10(7-9)17-14(20)18-13-6-2-5-12(16)11(13)8-19/h1-7,19H,8H2,(H2,17,18,20). The van der Waals surface area contributed by atoms with Gasteiger partial charge in [0.2, 0.25) is 0 Å². The molecule has 0 aromatic heterocycles. The van der Waals surface area contributed by atoms with E-state index in [0.29, 0.717) is 0 Å². The van der Waals surface area contributed by atoms with E-state index in [-0.39, 0.29) is 16.9 Å². The highest BCUT2D eigenvalue weighted by molar-refractivity contribution is 6.00. The van der Waals surface area contributed by atoms with Crippen LogP contribution >= 0.6 is 0 Å². The molecule has 0 aliphatic heterocycles. The maximum absolute atomic E-state index is 13.4. The average molecular weight is 278 g/mol. The van der Waals surface area contributed by atoms with Crippen molar-refractivity contribution in [2.24, 2.45) is 0 Å². The van der Waals surface area contributed by atoms with Gasteiger partial charge in [0.25, 0.3) is 0 Å². The van der Waals surface area contributed by atoms with Crippen molar-refractivity contribution in [2.45, 2.75) is 6.61 Å². The molecule has 2 rings (SSSR count). The lowest BCUT2D eigenvalue weighted by atomic mass is 10.2. The number of carbonyl (C=O) groups is 1. The second-order valence-electron chi connectivity index (χ2n) is 4.01. The average Bonchev–Trinajstić information content (AvgIpc) is 2.38. The zero-order chi connectivity index (χ0) is 14.5. The van der Waals surface area contributed by atoms with Crippen molar-refractivity contribution < 1.29 is 18.7 Å². The second kappa shape index (κ2) is 6.12. The first-order valence-corrected chi connectivity index (χ1v) is 5.82. The van der Waals surface area contributed by atoms with Crippen LogP contribution in [0.1, 0.15) is 5.56 Å². The Morgan fingerprint density at radius 3 is 2.55 bits per heavy atom. The largest absolute Gasteiger partial charge is 0.391 e. The number of benzene rings is 2. The molecular formula is C14H12F2N2O2. The molecule has 0 saturated carbocycles. The maximum atomic E-state index is 13.4. The molecule has 0 saturated heterocycles. The fraction of sp³-hybridized carbons (Fsp3) is 0.0714. The normalized spacial score (nSPS) is 10.2. The summed E-state index contributed by atoms with van der Waals surface area (Å²) in [6, 6.07) is 8.76. The molecule has 0 aliphatic rings. The molecule has 0 unspecified atom stereocenters. The summed E-state index contributed by atoms with van der Waals surface area (Å²) in [7, 11) is 0. The first kappa shape index (κ1) is 14.0. The Labute approximate surface area is 114 Å². The third kappa shape index (κ3) is 3.30. The Hall–Kier alpha value is -2.47. The molecule has 20 heavy (non-hydrogen) atoms. The highest BCUT2D eigenvalue weighted by Crippen LogP contribution is 2.19. The monoisotopic (exact) mass is 278 g/mol. The van der Waals surface area contributed by atoms with Crippen LogP contribution in [0, 0.1) is 11.6 Å². The number of hydrogen-bond donors (Lipinski definition) is 3. The summed E-state index contributed by atoms with van der Waals surface area (Å²) < 4.78 is 26.4. The Morgan fingerprint density at radius 2 is 1.85 bits per heavy atom. The summed E-state index contributed by atoms with van der Waals surface area (Å²) >= 11 is 0. The summed E-state index contributed by atoms with van der Waals surface area (Å²) in [5.74, 6) is -1.10. The summed E-state index contributed by atoms with van der Waals surface area (Å²) in [5.41, 5.74) is 0.410. The van der Waals surface area contributed by atoms with Crippen molar-refractivity contribution in [1.29, 1.82) is 0 Å². The van der Waals surface area contributed by atoms with Crippen molar-refractivity contribution in [3.63, 3.8) is 0 Å². The van der Waals surface area contributed by atoms with E-state index < -0.39 is 24.3 Å². The van der Waals surface area contributed by atoms with Gasteiger partial charge in [0.15, 0.2) is 0 Å². The van der Waals surface area contributed by atoms with Crippen LogP contribution in [0.3, 0.4) is 0 Å². The van der Waals surface area contributed by atoms with Crippen LogP contribution in [-0.2, 0) is 6.61 Å². The summed E-state index contributed by atoms with van der Waals surface area (Å²) in [6.07, 6.45) is 0. The number of amides is 2. The highest BCUT2D eigenvalue weighted by atomic mass is 19.1. The molecule has 0 bridgehead atoms. The molecule has 6 heteroatoms. The smallest absolute Gasteiger partial charge is 0.323 e. The number of halogens is 2. The lowest BCUT2D eigenvalue weighted by Crippen LogP contribution is -2.20. The van der Waals surface area contributed by atoms with Crippen molar-refractivity contribution in [3.8, 4) is 0 Å². The van der Waals surface area contributed by atoms with Gasteiger partial charge in [0.05, 0.1) is 12.3 Å². The third-order valence-corrected chi connectivity index (χ3v) is 2.61. The van der Waals surface area contributed by atoms with Gasteiger partial charge >= 0.3 is 6.03 Å². The van der Waals surface area contributed by atoms with Crippen LogP contribution in [0.5, 0.6) is 0 Å². The van der Waals surface area contributed by atoms with Gasteiger partial charge in [-0.2, -0.15) is 0 Å². The number of urea groups is 1. The number of nitrogens with one attached hydrogen (secondary N) is 2. The molecule has 2 aromatic carbocycles. The predicted octanol–water partition coefficient (Wildman–Crippen LogP) is 3.10. The van der Waals surface area contributed by atoms with Crippen LogP contribution in [0.2, 0.25) is 0 Å². The molecule has 0 spiro atoms. The minimum Gasteiger partial charge on any atom is -0.391 e. The molecule has 0 atom stereocenters. The zero-order valence-electron chi connectivity index (χ0n) is 10.4. The summed E-state index contributed by atoms with van der Waals surface area (Å²) in [4.78, 5) is 11.7. The van der Waals surface area contributed by atoms with E-state index >= 15 is 0 Å². The first-order chi connectivity index (χ1) is 9.60. The van der Waals surface area contributed by atoms with Crippen LogP contribution in [-0.4, -0.2) is 11.1 Å². The second-order valence-corrected chi connectivity index (χ2v) is 4.01. The van der Waals surface area contributed by atoms with Crippen molar-refractivity contribution in [1.82, 2.24) is 0 Å². The van der Waals surface area contributed by atoms with E-state index in [2.05, 4.69) is 10.6 Å². The lowest BCUT2D eigenvalue weighted by Gasteiger charge is -2.11. The van der Waals surface area contributed by atoms with Gasteiger partial charge in [0.1, 0.15) is 11.6 Å². The number of aliphatic hydroxyl groups excluding tert-OH is 1. The quantitative estimate of drug-likeness (QED) is 0.808. The van der Waals surface area contributed by atoms with Gasteiger partial charge in [-0.3, -0.25) is 0 Å². The minimum absolute atomic E-state index is 0.0121. The highest BCUT2D eigenvalue weighted by Gasteiger charge is 2.10. The van der Waals surface area contributed by atoms with E-state index in [1.165, 1.54) is 36.4 Å². The molecule has 2 aromatic rings. The summed E-state index contributed by atoms with van der Waals surface area (Å²) in [5, 5.41) is 13.9. The van der Waals surface area contributed by atoms with E-state index in [4.69, 9.17) is 5.11 Å². The van der Waals surface area contributed by atoms with Crippen LogP contribution in [0.4, 0.5) is 25.0 Å². The van der Waals surface area contributed by atoms with E-state index in [9.17, 15) is 13.6 Å². The minimum atomic E-state index is -0.657. The number of rotatable bonds is 3. The van der Waals surface area contributed by atoms with Gasteiger partial charge in [-0.25, -0.2) is 13.6 Å². The first-order valence-electron chi connectivity index (χ1n) is 5.82. The Morgan fingerprint density at radius 1 is 1.10 bits per heavy atom. The van der Waals surface area contributed by atoms with Crippen LogP contribution in [0.25, 0.3) is 0 Å². The zero-order valence-corrected chi connectivity index (χ0v) is 10.4. The van der Waals surface area contributed by atoms with E-state index in [0.717, 1.165) is 6.07 Å². The molecule has 104 valence electrons. The molecular weight excluding hydrogens is 266 g/mol. The van der Waals surface area contributed by atoms with E-state index in [1.807, 2.05) is 0 Å². The van der Waals surface area contributed by atoms with E-state index in [1.54, 1.807) is 0 Å². The lowest BCUT2D eigenvalue weighted by molar-refractivity contribution is 0.261. The molecule has 4 nitrogen and oxygen atoms in total. The van der Waals surface area contributed by atoms with Gasteiger partial charge in [-0.05, 0) is 30.3 Å². The van der Waals surface area contributed by atoms with Gasteiger partial charge < -0.3 is 15.7 Å². The topological polar surface area (TPSA) is 61.4 Å². The number of anilines is 2. The SMILES string of the molecule is O=C(Nc1cccc(F)c1)Nc1cccc(F)c1CO. The molecule has 3 N–H and O–H groups in total. The Kier molecular flexibility index (Phi) is 4.27. The third-order valence-electron chi connectivity index (χ3n) is 2.61. The Balaban J connectivity index is 2.11. The van der Waals surface area contributed by atoms with Gasteiger partial charge in [0, 0.05) is 11.3 Å². The Bertz CT molecular complexity index is 632. The number of carbonyl (C=O) groups excluding carboxylic acids is 1. The number of hydrogen-bond acceptors (Lipinski definition) is 2. The fourth-order valence-corrected chi connectivity index (χ4v) is 1.69. The fourth-order valence-electron chi connectivity index (χ4n) is 1.69.